The SMILES string of the molecule is CC1CC(O)(C(F)C(=O)O)CCO1. The molecule has 1 aliphatic rings. The number of ether oxygens (including phenoxy) is 1. The Kier molecular flexibility index (Phi) is 2.87. The van der Waals surface area contributed by atoms with Gasteiger partial charge in [-0.3, -0.25) is 0 Å². The average molecular weight is 192 g/mol. The first-order valence-corrected chi connectivity index (χ1v) is 4.16. The van der Waals surface area contributed by atoms with E-state index in [2.05, 4.69) is 0 Å². The first-order chi connectivity index (χ1) is 5.96. The maximum atomic E-state index is 13.1. The molecule has 1 heterocycles. The van der Waals surface area contributed by atoms with Crippen molar-refractivity contribution >= 4 is 5.97 Å². The van der Waals surface area contributed by atoms with Crippen LogP contribution in [0, 0.1) is 0 Å². The van der Waals surface area contributed by atoms with E-state index in [0.29, 0.717) is 0 Å². The zero-order chi connectivity index (χ0) is 10.1. The van der Waals surface area contributed by atoms with E-state index in [9.17, 15) is 14.3 Å². The second kappa shape index (κ2) is 3.59. The van der Waals surface area contributed by atoms with Crippen molar-refractivity contribution in [2.75, 3.05) is 6.61 Å². The largest absolute Gasteiger partial charge is 0.479 e. The van der Waals surface area contributed by atoms with Crippen LogP contribution in [0.25, 0.3) is 0 Å². The number of rotatable bonds is 2. The molecule has 0 aromatic rings. The Hall–Kier alpha value is -0.680. The summed E-state index contributed by atoms with van der Waals surface area (Å²) in [6.07, 6.45) is -2.46. The van der Waals surface area contributed by atoms with Crippen LogP contribution < -0.4 is 0 Å². The lowest BCUT2D eigenvalue weighted by atomic mass is 9.86. The summed E-state index contributed by atoms with van der Waals surface area (Å²) in [6.45, 7) is 1.88. The number of hydrogen-bond acceptors (Lipinski definition) is 3. The fourth-order valence-electron chi connectivity index (χ4n) is 1.56. The number of hydrogen-bond donors (Lipinski definition) is 2. The van der Waals surface area contributed by atoms with Crippen LogP contribution in [-0.4, -0.2) is 40.7 Å². The van der Waals surface area contributed by atoms with Crippen LogP contribution in [-0.2, 0) is 9.53 Å². The van der Waals surface area contributed by atoms with Gasteiger partial charge in [0.1, 0.15) is 5.60 Å². The van der Waals surface area contributed by atoms with Gasteiger partial charge in [0, 0.05) is 19.4 Å². The summed E-state index contributed by atoms with van der Waals surface area (Å²) < 4.78 is 18.1. The highest BCUT2D eigenvalue weighted by Crippen LogP contribution is 2.29. The van der Waals surface area contributed by atoms with Gasteiger partial charge in [-0.2, -0.15) is 0 Å². The molecule has 4 nitrogen and oxygen atoms in total. The van der Waals surface area contributed by atoms with Crippen LogP contribution in [0.4, 0.5) is 4.39 Å². The molecule has 1 rings (SSSR count). The lowest BCUT2D eigenvalue weighted by Gasteiger charge is -2.36. The molecule has 0 spiro atoms. The summed E-state index contributed by atoms with van der Waals surface area (Å²) in [4.78, 5) is 10.3. The Bertz CT molecular complexity index is 208. The molecule has 0 bridgehead atoms. The van der Waals surface area contributed by atoms with E-state index in [0.717, 1.165) is 0 Å². The quantitative estimate of drug-likeness (QED) is 0.662. The monoisotopic (exact) mass is 192 g/mol. The fraction of sp³-hybridized carbons (Fsp3) is 0.875. The van der Waals surface area contributed by atoms with Crippen molar-refractivity contribution in [2.24, 2.45) is 0 Å². The molecule has 3 atom stereocenters. The number of aliphatic hydroxyl groups is 1. The van der Waals surface area contributed by atoms with E-state index in [1.807, 2.05) is 0 Å². The predicted molar refractivity (Wildman–Crippen MR) is 42.1 cm³/mol. The minimum absolute atomic E-state index is 0.0282. The molecule has 0 saturated carbocycles. The molecule has 0 aromatic heterocycles. The summed E-state index contributed by atoms with van der Waals surface area (Å²) in [5.41, 5.74) is -1.76. The summed E-state index contributed by atoms with van der Waals surface area (Å²) >= 11 is 0. The number of aliphatic carboxylic acids is 1. The Morgan fingerprint density at radius 3 is 2.85 bits per heavy atom. The smallest absolute Gasteiger partial charge is 0.341 e. The van der Waals surface area contributed by atoms with Gasteiger partial charge in [-0.25, -0.2) is 9.18 Å². The van der Waals surface area contributed by atoms with Gasteiger partial charge >= 0.3 is 5.97 Å². The first kappa shape index (κ1) is 10.4. The maximum absolute atomic E-state index is 13.1. The minimum Gasteiger partial charge on any atom is -0.479 e. The average Bonchev–Trinajstić information content (AvgIpc) is 2.02. The van der Waals surface area contributed by atoms with Crippen molar-refractivity contribution in [3.8, 4) is 0 Å². The van der Waals surface area contributed by atoms with Gasteiger partial charge in [-0.1, -0.05) is 0 Å². The normalized spacial score (nSPS) is 37.0. The maximum Gasteiger partial charge on any atom is 0.341 e. The number of carboxylic acid groups (broad SMARTS) is 1. The van der Waals surface area contributed by atoms with Crippen molar-refractivity contribution < 1.29 is 24.1 Å². The number of alkyl halides is 1. The van der Waals surface area contributed by atoms with Gasteiger partial charge in [0.2, 0.25) is 6.17 Å². The lowest BCUT2D eigenvalue weighted by Crippen LogP contribution is -2.50. The third-order valence-electron chi connectivity index (χ3n) is 2.27. The lowest BCUT2D eigenvalue weighted by molar-refractivity contribution is -0.168. The summed E-state index contributed by atoms with van der Waals surface area (Å²) in [5, 5.41) is 18.1. The van der Waals surface area contributed by atoms with Gasteiger partial charge in [-0.05, 0) is 6.92 Å². The number of carboxylic acids is 1. The van der Waals surface area contributed by atoms with E-state index in [4.69, 9.17) is 9.84 Å². The molecule has 1 aliphatic heterocycles. The first-order valence-electron chi connectivity index (χ1n) is 4.16. The second-order valence-corrected chi connectivity index (χ2v) is 3.44. The summed E-state index contributed by atoms with van der Waals surface area (Å²) in [7, 11) is 0. The van der Waals surface area contributed by atoms with Gasteiger partial charge in [0.15, 0.2) is 0 Å². The molecule has 1 saturated heterocycles. The molecule has 0 aromatic carbocycles. The molecular formula is C8H13FO4. The Labute approximate surface area is 75.3 Å². The Morgan fingerprint density at radius 2 is 2.38 bits per heavy atom. The molecule has 76 valence electrons. The van der Waals surface area contributed by atoms with Crippen LogP contribution in [0.5, 0.6) is 0 Å². The molecular weight excluding hydrogens is 179 g/mol. The zero-order valence-corrected chi connectivity index (χ0v) is 7.36. The minimum atomic E-state index is -2.22. The highest BCUT2D eigenvalue weighted by molar-refractivity contribution is 5.73. The molecule has 13 heavy (non-hydrogen) atoms. The van der Waals surface area contributed by atoms with E-state index < -0.39 is 17.7 Å². The van der Waals surface area contributed by atoms with Gasteiger partial charge in [-0.15, -0.1) is 0 Å². The molecule has 5 heteroatoms. The molecule has 1 fully saturated rings. The number of halogens is 1. The number of carbonyl (C=O) groups is 1. The van der Waals surface area contributed by atoms with Crippen molar-refractivity contribution in [2.45, 2.75) is 37.6 Å². The molecule has 0 radical (unpaired) electrons. The zero-order valence-electron chi connectivity index (χ0n) is 7.36. The molecule has 0 amide bonds. The Morgan fingerprint density at radius 1 is 1.77 bits per heavy atom. The molecule has 2 N–H and O–H groups in total. The topological polar surface area (TPSA) is 66.8 Å². The highest BCUT2D eigenvalue weighted by Gasteiger charge is 2.45. The van der Waals surface area contributed by atoms with E-state index in [-0.39, 0.29) is 25.6 Å². The van der Waals surface area contributed by atoms with Gasteiger partial charge in [0.25, 0.3) is 0 Å². The van der Waals surface area contributed by atoms with E-state index in [1.165, 1.54) is 0 Å². The van der Waals surface area contributed by atoms with Crippen molar-refractivity contribution in [3.05, 3.63) is 0 Å². The van der Waals surface area contributed by atoms with Crippen molar-refractivity contribution in [1.82, 2.24) is 0 Å². The summed E-state index contributed by atoms with van der Waals surface area (Å²) in [6, 6.07) is 0. The molecule has 0 aliphatic carbocycles. The van der Waals surface area contributed by atoms with Gasteiger partial charge in [0.05, 0.1) is 6.10 Å². The van der Waals surface area contributed by atoms with Crippen molar-refractivity contribution in [1.29, 1.82) is 0 Å². The highest BCUT2D eigenvalue weighted by atomic mass is 19.1. The van der Waals surface area contributed by atoms with Gasteiger partial charge < -0.3 is 14.9 Å². The standard InChI is InChI=1S/C8H13FO4/c1-5-4-8(12,2-3-13-5)6(9)7(10)11/h5-6,12H,2-4H2,1H3,(H,10,11). The predicted octanol–water partition coefficient (Wildman–Crippen LogP) is 0.339. The van der Waals surface area contributed by atoms with Crippen molar-refractivity contribution in [3.63, 3.8) is 0 Å². The van der Waals surface area contributed by atoms with Crippen LogP contribution >= 0.6 is 0 Å². The third kappa shape index (κ3) is 2.16. The second-order valence-electron chi connectivity index (χ2n) is 3.44. The van der Waals surface area contributed by atoms with Crippen LogP contribution in [0.3, 0.4) is 0 Å². The van der Waals surface area contributed by atoms with E-state index >= 15 is 0 Å². The molecule has 3 unspecified atom stereocenters. The van der Waals surface area contributed by atoms with Crippen LogP contribution in [0.15, 0.2) is 0 Å². The van der Waals surface area contributed by atoms with E-state index in [1.54, 1.807) is 6.92 Å². The Balaban J connectivity index is 2.68. The van der Waals surface area contributed by atoms with Crippen LogP contribution in [0.1, 0.15) is 19.8 Å². The third-order valence-corrected chi connectivity index (χ3v) is 2.27. The van der Waals surface area contributed by atoms with Crippen LogP contribution in [0.2, 0.25) is 0 Å². The summed E-state index contributed by atoms with van der Waals surface area (Å²) in [5.74, 6) is -1.61. The fourth-order valence-corrected chi connectivity index (χ4v) is 1.56.